The lowest BCUT2D eigenvalue weighted by Crippen LogP contribution is -2.54. The Morgan fingerprint density at radius 3 is 2.29 bits per heavy atom. The lowest BCUT2D eigenvalue weighted by Gasteiger charge is -2.31. The molecule has 8 amide bonds. The summed E-state index contributed by atoms with van der Waals surface area (Å²) in [6.45, 7) is 12.6. The van der Waals surface area contributed by atoms with Crippen molar-refractivity contribution in [2.75, 3.05) is 51.4 Å². The maximum absolute atomic E-state index is 15.5. The Morgan fingerprint density at radius 2 is 1.58 bits per heavy atom. The molecule has 26 heteroatoms. The Bertz CT molecular complexity index is 3490. The molecular weight excluding hydrogens is 1170 g/mol. The molecule has 90 heavy (non-hydrogen) atoms. The van der Waals surface area contributed by atoms with Gasteiger partial charge in [-0.3, -0.25) is 38.5 Å². The molecule has 0 radical (unpaired) electrons. The number of imide groups is 1. The second kappa shape index (κ2) is 29.8. The van der Waals surface area contributed by atoms with Gasteiger partial charge in [0.2, 0.25) is 23.6 Å². The zero-order valence-corrected chi connectivity index (χ0v) is 51.9. The van der Waals surface area contributed by atoms with Crippen LogP contribution in [0.2, 0.25) is 0 Å². The number of halogens is 1. The Labute approximate surface area is 519 Å². The number of benzene rings is 2. The zero-order chi connectivity index (χ0) is 65.0. The smallest absolute Gasteiger partial charge is 0.407 e. The third-order valence-electron chi connectivity index (χ3n) is 16.1. The summed E-state index contributed by atoms with van der Waals surface area (Å²) in [6.07, 6.45) is 4.34. The van der Waals surface area contributed by atoms with Crippen molar-refractivity contribution in [3.05, 3.63) is 104 Å². The second-order valence-electron chi connectivity index (χ2n) is 24.1. The summed E-state index contributed by atoms with van der Waals surface area (Å²) in [5.74, 6) is -4.37. The molecule has 7 N–H and O–H groups in total. The molecule has 0 bridgehead atoms. The van der Waals surface area contributed by atoms with Crippen LogP contribution in [0.3, 0.4) is 0 Å². The minimum atomic E-state index is -2.06. The van der Waals surface area contributed by atoms with E-state index in [4.69, 9.17) is 28.7 Å². The molecule has 0 unspecified atom stereocenters. The molecule has 484 valence electrons. The quantitative estimate of drug-likeness (QED) is 0.0138. The molecule has 0 spiro atoms. The number of carbonyl (C=O) groups excluding carboxylic acids is 9. The van der Waals surface area contributed by atoms with E-state index in [1.807, 2.05) is 0 Å². The van der Waals surface area contributed by atoms with Crippen molar-refractivity contribution in [3.63, 3.8) is 0 Å². The number of aromatic nitrogens is 2. The number of unbranched alkanes of at least 4 members (excludes halogenated alkanes) is 3. The molecule has 8 rings (SSSR count). The molecule has 3 aliphatic heterocycles. The van der Waals surface area contributed by atoms with Gasteiger partial charge in [-0.15, -0.1) is 0 Å². The van der Waals surface area contributed by atoms with Crippen LogP contribution in [0.4, 0.5) is 19.7 Å². The second-order valence-corrected chi connectivity index (χ2v) is 24.1. The number of nitrogens with one attached hydrogen (secondary N) is 6. The minimum Gasteiger partial charge on any atom is -0.458 e. The van der Waals surface area contributed by atoms with E-state index in [0.29, 0.717) is 95.2 Å². The summed E-state index contributed by atoms with van der Waals surface area (Å²) in [5.41, 5.74) is 1.50. The van der Waals surface area contributed by atoms with Gasteiger partial charge in [0, 0.05) is 66.5 Å². The van der Waals surface area contributed by atoms with Gasteiger partial charge in [-0.2, -0.15) is 0 Å². The number of fused-ring (bicyclic) bond motifs is 5. The first kappa shape index (κ1) is 67.3. The van der Waals surface area contributed by atoms with Gasteiger partial charge < -0.3 is 65.3 Å². The van der Waals surface area contributed by atoms with Crippen molar-refractivity contribution in [2.24, 2.45) is 5.92 Å². The molecule has 5 heterocycles. The Balaban J connectivity index is 0.864. The number of aryl methyl sites for hydroxylation is 1. The lowest BCUT2D eigenvalue weighted by molar-refractivity contribution is -0.172. The largest absolute Gasteiger partial charge is 0.458 e. The first-order chi connectivity index (χ1) is 42.9. The summed E-state index contributed by atoms with van der Waals surface area (Å²) >= 11 is 0. The number of carbonyl (C=O) groups is 9. The molecule has 2 aromatic carbocycles. The standard InChI is InChI=1S/C64H80FN9O16/c1-8-64(85)43-30-48-56-41(32-74(48)59(81)42(43)34-88-60(64)82)54-45(21-20-40-37(4)44(65)31-47(69-56)53(40)54)71-62(84)89-33-38-16-18-39(19-17-38)68-57(79)46(14-11-12-24-66-50(76)35-87-29-28-86-27-25-67-61(83)90-63(5,6)7)70-58(80)55(36(2)3)72-49(75)15-10-9-13-26-73-51(77)22-23-52(73)78/h16-19,22-23,30-31,36,45-46,55,85H,8-15,20-21,24-29,32-35H2,1-7H3,(H,66,76)(H,67,83)(H,68,79)(H,70,80)(H,71,84)(H,72,75)/t45-,46-,55-,64-/m0/s1. The van der Waals surface area contributed by atoms with Gasteiger partial charge in [-0.1, -0.05) is 39.3 Å². The Kier molecular flexibility index (Phi) is 22.3. The van der Waals surface area contributed by atoms with Gasteiger partial charge in [0.1, 0.15) is 43.3 Å². The summed E-state index contributed by atoms with van der Waals surface area (Å²) in [4.78, 5) is 136. The molecule has 0 fully saturated rings. The molecule has 4 atom stereocenters. The molecule has 0 saturated carbocycles. The highest BCUT2D eigenvalue weighted by atomic mass is 19.1. The molecule has 25 nitrogen and oxygen atoms in total. The first-order valence-corrected chi connectivity index (χ1v) is 30.5. The number of aliphatic hydroxyl groups is 1. The van der Waals surface area contributed by atoms with Gasteiger partial charge in [0.25, 0.3) is 17.4 Å². The first-order valence-electron chi connectivity index (χ1n) is 30.5. The van der Waals surface area contributed by atoms with Crippen molar-refractivity contribution in [1.29, 1.82) is 0 Å². The molecular formula is C64H80FN9O16. The fraction of sp³-hybridized carbons (Fsp3) is 0.516. The van der Waals surface area contributed by atoms with Crippen molar-refractivity contribution in [2.45, 2.75) is 162 Å². The number of nitrogens with zero attached hydrogens (tertiary/aromatic N) is 3. The Morgan fingerprint density at radius 1 is 0.844 bits per heavy atom. The van der Waals surface area contributed by atoms with E-state index in [2.05, 4.69) is 31.9 Å². The van der Waals surface area contributed by atoms with Gasteiger partial charge in [0.15, 0.2) is 5.60 Å². The number of rotatable bonds is 29. The maximum atomic E-state index is 15.5. The van der Waals surface area contributed by atoms with Crippen molar-refractivity contribution in [3.8, 4) is 11.4 Å². The van der Waals surface area contributed by atoms with Crippen LogP contribution >= 0.6 is 0 Å². The molecule has 4 aromatic rings. The third-order valence-corrected chi connectivity index (χ3v) is 16.1. The van der Waals surface area contributed by atoms with Crippen LogP contribution in [-0.2, 0) is 89.0 Å². The van der Waals surface area contributed by atoms with Gasteiger partial charge in [-0.25, -0.2) is 23.8 Å². The van der Waals surface area contributed by atoms with Crippen LogP contribution in [0.1, 0.15) is 144 Å². The highest BCUT2D eigenvalue weighted by Crippen LogP contribution is 2.46. The van der Waals surface area contributed by atoms with Gasteiger partial charge in [0.05, 0.1) is 54.9 Å². The Hall–Kier alpha value is -8.62. The topological polar surface area (TPSA) is 330 Å². The van der Waals surface area contributed by atoms with E-state index >= 15 is 4.39 Å². The number of cyclic esters (lactones) is 1. The normalized spacial score (nSPS) is 17.0. The summed E-state index contributed by atoms with van der Waals surface area (Å²) in [6, 6.07) is 6.65. The van der Waals surface area contributed by atoms with E-state index in [-0.39, 0.29) is 126 Å². The monoisotopic (exact) mass is 1250 g/mol. The van der Waals surface area contributed by atoms with Gasteiger partial charge >= 0.3 is 18.2 Å². The van der Waals surface area contributed by atoms with Crippen molar-refractivity contribution >= 4 is 70.2 Å². The van der Waals surface area contributed by atoms with Gasteiger partial charge in [-0.05, 0) is 125 Å². The van der Waals surface area contributed by atoms with E-state index < -0.39 is 70.7 Å². The number of pyridine rings is 2. The van der Waals surface area contributed by atoms with E-state index in [9.17, 15) is 53.1 Å². The predicted octanol–water partition coefficient (Wildman–Crippen LogP) is 5.33. The average molecular weight is 1250 g/mol. The van der Waals surface area contributed by atoms with E-state index in [1.165, 1.54) is 22.8 Å². The van der Waals surface area contributed by atoms with Crippen LogP contribution in [0, 0.1) is 18.7 Å². The van der Waals surface area contributed by atoms with Crippen molar-refractivity contribution < 1.29 is 76.3 Å². The number of hydrogen-bond donors (Lipinski definition) is 7. The van der Waals surface area contributed by atoms with E-state index in [0.717, 1.165) is 10.5 Å². The molecule has 1 aliphatic carbocycles. The lowest BCUT2D eigenvalue weighted by atomic mass is 9.81. The summed E-state index contributed by atoms with van der Waals surface area (Å²) in [5, 5.41) is 28.9. The number of alkyl carbamates (subject to hydrolysis) is 2. The predicted molar refractivity (Wildman–Crippen MR) is 324 cm³/mol. The number of ether oxygens (including phenoxy) is 5. The summed E-state index contributed by atoms with van der Waals surface area (Å²) < 4.78 is 44.0. The molecule has 2 aromatic heterocycles. The zero-order valence-electron chi connectivity index (χ0n) is 51.9. The maximum Gasteiger partial charge on any atom is 0.407 e. The minimum absolute atomic E-state index is 0.0497. The van der Waals surface area contributed by atoms with Crippen LogP contribution in [0.25, 0.3) is 22.3 Å². The SMILES string of the molecule is CC[C@@]1(O)C(=O)OCc2c1cc1n(c2=O)Cc2c-1nc1cc(F)c(C)c3c1c2[C@@H](NC(=O)OCc1ccc(NC(=O)[C@H](CCCCNC(=O)COCCOCCNC(=O)OC(C)(C)C)NC(=O)[C@@H](NC(=O)CCCCCN2C(=O)C=CC2=O)C(C)C)cc1)CC3. The van der Waals surface area contributed by atoms with Crippen LogP contribution in [0.5, 0.6) is 0 Å². The highest BCUT2D eigenvalue weighted by molar-refractivity contribution is 6.12. The molecule has 0 saturated heterocycles. The highest BCUT2D eigenvalue weighted by Gasteiger charge is 2.46. The summed E-state index contributed by atoms with van der Waals surface area (Å²) in [7, 11) is 0. The number of amides is 8. The van der Waals surface area contributed by atoms with Crippen molar-refractivity contribution in [1.82, 2.24) is 41.0 Å². The molecule has 4 aliphatic rings. The number of anilines is 1. The van der Waals surface area contributed by atoms with Crippen LogP contribution in [-0.4, -0.2) is 137 Å². The fourth-order valence-corrected chi connectivity index (χ4v) is 11.3. The van der Waals surface area contributed by atoms with Crippen LogP contribution < -0.4 is 37.5 Å². The average Bonchev–Trinajstić information content (AvgIpc) is 1.44. The number of hydrogen-bond acceptors (Lipinski definition) is 17. The van der Waals surface area contributed by atoms with Crippen LogP contribution in [0.15, 0.2) is 53.3 Å². The fourth-order valence-electron chi connectivity index (χ4n) is 11.3. The third kappa shape index (κ3) is 16.4. The number of esters is 1. The van der Waals surface area contributed by atoms with E-state index in [1.54, 1.807) is 78.8 Å².